The van der Waals surface area contributed by atoms with Gasteiger partial charge in [-0.05, 0) is 13.8 Å². The predicted octanol–water partition coefficient (Wildman–Crippen LogP) is -0.192. The Hall–Kier alpha value is -1.37. The minimum atomic E-state index is -0.942. The molecule has 2 atom stereocenters. The zero-order chi connectivity index (χ0) is 13.2. The Bertz CT molecular complexity index is 455. The molecule has 1 aromatic heterocycles. The second-order valence-electron chi connectivity index (χ2n) is 4.09. The van der Waals surface area contributed by atoms with Crippen LogP contribution in [0.4, 0.5) is 5.69 Å². The van der Waals surface area contributed by atoms with E-state index in [1.807, 2.05) is 0 Å². The molecule has 3 N–H and O–H groups in total. The van der Waals surface area contributed by atoms with E-state index in [0.717, 1.165) is 0 Å². The van der Waals surface area contributed by atoms with E-state index in [1.54, 1.807) is 27.2 Å². The van der Waals surface area contributed by atoms with E-state index >= 15 is 0 Å². The van der Waals surface area contributed by atoms with Gasteiger partial charge in [-0.3, -0.25) is 13.7 Å². The summed E-state index contributed by atoms with van der Waals surface area (Å²) in [4.78, 5) is 11.9. The minimum Gasteiger partial charge on any atom is -0.395 e. The van der Waals surface area contributed by atoms with E-state index < -0.39 is 10.8 Å². The van der Waals surface area contributed by atoms with Gasteiger partial charge >= 0.3 is 0 Å². The Labute approximate surface area is 103 Å². The zero-order valence-electron chi connectivity index (χ0n) is 10.5. The first-order valence-electron chi connectivity index (χ1n) is 5.23. The van der Waals surface area contributed by atoms with Crippen LogP contribution in [0.2, 0.25) is 0 Å². The smallest absolute Gasteiger partial charge is 0.271 e. The molecule has 0 aliphatic rings. The lowest BCUT2D eigenvalue weighted by Gasteiger charge is -2.12. The molecule has 1 amide bonds. The van der Waals surface area contributed by atoms with Crippen molar-refractivity contribution in [2.24, 2.45) is 7.05 Å². The topological polar surface area (TPSA) is 90.0 Å². The molecule has 0 aromatic carbocycles. The number of aromatic nitrogens is 2. The number of nitrogens with two attached hydrogens (primary N) is 1. The number of aryl methyl sites for hydroxylation is 2. The van der Waals surface area contributed by atoms with Crippen molar-refractivity contribution < 1.29 is 9.00 Å². The maximum Gasteiger partial charge on any atom is 0.271 e. The summed E-state index contributed by atoms with van der Waals surface area (Å²) in [5.41, 5.74) is 7.13. The van der Waals surface area contributed by atoms with E-state index in [1.165, 1.54) is 4.68 Å². The average Bonchev–Trinajstić information content (AvgIpc) is 2.39. The maximum absolute atomic E-state index is 11.9. The van der Waals surface area contributed by atoms with Crippen molar-refractivity contribution in [3.8, 4) is 0 Å². The molecule has 1 aromatic rings. The number of anilines is 1. The molecule has 0 fully saturated rings. The van der Waals surface area contributed by atoms with Crippen LogP contribution in [-0.2, 0) is 17.8 Å². The number of nitrogen functional groups attached to an aromatic ring is 1. The van der Waals surface area contributed by atoms with E-state index in [-0.39, 0.29) is 11.9 Å². The summed E-state index contributed by atoms with van der Waals surface area (Å²) in [5, 5.41) is 6.82. The quantitative estimate of drug-likeness (QED) is 0.783. The van der Waals surface area contributed by atoms with Gasteiger partial charge in [0.15, 0.2) is 0 Å². The molecular weight excluding hydrogens is 240 g/mol. The van der Waals surface area contributed by atoms with Crippen molar-refractivity contribution in [2.75, 3.05) is 17.7 Å². The number of carbonyl (C=O) groups excluding carboxylic acids is 1. The first-order chi connectivity index (χ1) is 7.82. The fourth-order valence-electron chi connectivity index (χ4n) is 1.63. The Balaban J connectivity index is 2.80. The van der Waals surface area contributed by atoms with Crippen LogP contribution in [-0.4, -0.2) is 37.9 Å². The van der Waals surface area contributed by atoms with Gasteiger partial charge in [-0.25, -0.2) is 0 Å². The van der Waals surface area contributed by atoms with Crippen LogP contribution >= 0.6 is 0 Å². The van der Waals surface area contributed by atoms with Crippen molar-refractivity contribution in [1.82, 2.24) is 15.1 Å². The monoisotopic (exact) mass is 258 g/mol. The molecule has 17 heavy (non-hydrogen) atoms. The lowest BCUT2D eigenvalue weighted by Crippen LogP contribution is -2.37. The van der Waals surface area contributed by atoms with Crippen LogP contribution < -0.4 is 11.1 Å². The number of hydrogen-bond donors (Lipinski definition) is 2. The van der Waals surface area contributed by atoms with E-state index in [0.29, 0.717) is 22.8 Å². The first kappa shape index (κ1) is 13.7. The number of amides is 1. The molecule has 0 aliphatic carbocycles. The summed E-state index contributed by atoms with van der Waals surface area (Å²) in [5.74, 6) is 0.131. The van der Waals surface area contributed by atoms with Crippen molar-refractivity contribution in [3.05, 3.63) is 11.4 Å². The highest BCUT2D eigenvalue weighted by Gasteiger charge is 2.19. The molecule has 1 heterocycles. The lowest BCUT2D eigenvalue weighted by molar-refractivity contribution is 0.0935. The minimum absolute atomic E-state index is 0.164. The molecule has 1 rings (SSSR count). The highest BCUT2D eigenvalue weighted by Crippen LogP contribution is 2.14. The van der Waals surface area contributed by atoms with Crippen LogP contribution in [0.15, 0.2) is 0 Å². The molecule has 2 unspecified atom stereocenters. The van der Waals surface area contributed by atoms with Crippen molar-refractivity contribution in [3.63, 3.8) is 0 Å². The molecule has 0 spiro atoms. The summed E-state index contributed by atoms with van der Waals surface area (Å²) in [7, 11) is 0.725. The Morgan fingerprint density at radius 3 is 2.65 bits per heavy atom. The number of carbonyl (C=O) groups is 1. The summed E-state index contributed by atoms with van der Waals surface area (Å²) < 4.78 is 12.5. The standard InChI is InChI=1S/C10H18N4O2S/c1-6(5-17(4)16)12-10(15)9-8(11)7(2)13-14(9)3/h6H,5,11H2,1-4H3,(H,12,15). The second kappa shape index (κ2) is 5.31. The normalized spacial score (nSPS) is 14.4. The Kier molecular flexibility index (Phi) is 4.28. The molecule has 0 saturated carbocycles. The fourth-order valence-corrected chi connectivity index (χ4v) is 2.42. The largest absolute Gasteiger partial charge is 0.395 e. The number of nitrogens with one attached hydrogen (secondary N) is 1. The van der Waals surface area contributed by atoms with E-state index in [2.05, 4.69) is 10.4 Å². The van der Waals surface area contributed by atoms with Crippen LogP contribution in [0.1, 0.15) is 23.1 Å². The van der Waals surface area contributed by atoms with Crippen LogP contribution in [0.3, 0.4) is 0 Å². The SMILES string of the molecule is Cc1nn(C)c(C(=O)NC(C)CS(C)=O)c1N. The Morgan fingerprint density at radius 1 is 1.65 bits per heavy atom. The molecule has 6 nitrogen and oxygen atoms in total. The first-order valence-corrected chi connectivity index (χ1v) is 6.95. The van der Waals surface area contributed by atoms with E-state index in [9.17, 15) is 9.00 Å². The van der Waals surface area contributed by atoms with Gasteiger partial charge in [0.1, 0.15) is 5.69 Å². The van der Waals surface area contributed by atoms with Gasteiger partial charge in [0, 0.05) is 35.9 Å². The van der Waals surface area contributed by atoms with Gasteiger partial charge in [0.05, 0.1) is 11.4 Å². The lowest BCUT2D eigenvalue weighted by atomic mass is 10.2. The van der Waals surface area contributed by atoms with Crippen LogP contribution in [0.5, 0.6) is 0 Å². The molecule has 7 heteroatoms. The van der Waals surface area contributed by atoms with Gasteiger partial charge in [0.25, 0.3) is 5.91 Å². The highest BCUT2D eigenvalue weighted by molar-refractivity contribution is 7.84. The van der Waals surface area contributed by atoms with Gasteiger partial charge in [-0.15, -0.1) is 0 Å². The maximum atomic E-state index is 11.9. The molecule has 0 bridgehead atoms. The summed E-state index contributed by atoms with van der Waals surface area (Å²) in [6, 6.07) is -0.164. The third-order valence-electron chi connectivity index (χ3n) is 2.35. The van der Waals surface area contributed by atoms with Crippen LogP contribution in [0.25, 0.3) is 0 Å². The number of nitrogens with zero attached hydrogens (tertiary/aromatic N) is 2. The molecular formula is C10H18N4O2S. The number of hydrogen-bond acceptors (Lipinski definition) is 4. The van der Waals surface area contributed by atoms with Crippen LogP contribution in [0, 0.1) is 6.92 Å². The second-order valence-corrected chi connectivity index (χ2v) is 5.57. The third-order valence-corrected chi connectivity index (χ3v) is 3.32. The van der Waals surface area contributed by atoms with Crippen molar-refractivity contribution in [1.29, 1.82) is 0 Å². The van der Waals surface area contributed by atoms with Gasteiger partial charge < -0.3 is 11.1 Å². The average molecular weight is 258 g/mol. The van der Waals surface area contributed by atoms with Gasteiger partial charge in [0.2, 0.25) is 0 Å². The number of rotatable bonds is 4. The predicted molar refractivity (Wildman–Crippen MR) is 68.2 cm³/mol. The van der Waals surface area contributed by atoms with Gasteiger partial charge in [-0.2, -0.15) is 5.10 Å². The van der Waals surface area contributed by atoms with Gasteiger partial charge in [-0.1, -0.05) is 0 Å². The summed E-state index contributed by atoms with van der Waals surface area (Å²) in [6.45, 7) is 3.55. The van der Waals surface area contributed by atoms with Crippen molar-refractivity contribution in [2.45, 2.75) is 19.9 Å². The third kappa shape index (κ3) is 3.29. The summed E-state index contributed by atoms with van der Waals surface area (Å²) >= 11 is 0. The zero-order valence-corrected chi connectivity index (χ0v) is 11.3. The molecule has 0 radical (unpaired) electrons. The fraction of sp³-hybridized carbons (Fsp3) is 0.600. The van der Waals surface area contributed by atoms with Crippen molar-refractivity contribution >= 4 is 22.4 Å². The van der Waals surface area contributed by atoms with E-state index in [4.69, 9.17) is 5.73 Å². The summed E-state index contributed by atoms with van der Waals surface area (Å²) in [6.07, 6.45) is 1.60. The molecule has 0 aliphatic heterocycles. The highest BCUT2D eigenvalue weighted by atomic mass is 32.2. The molecule has 0 saturated heterocycles. The molecule has 96 valence electrons. The Morgan fingerprint density at radius 2 is 2.24 bits per heavy atom.